The highest BCUT2D eigenvalue weighted by Crippen LogP contribution is 2.42. The van der Waals surface area contributed by atoms with Gasteiger partial charge >= 0.3 is 0 Å². The molecule has 1 aliphatic heterocycles. The third-order valence-electron chi connectivity index (χ3n) is 5.22. The molecule has 0 bridgehead atoms. The lowest BCUT2D eigenvalue weighted by Crippen LogP contribution is -2.29. The van der Waals surface area contributed by atoms with E-state index in [-0.39, 0.29) is 17.0 Å². The fourth-order valence-electron chi connectivity index (χ4n) is 3.75. The smallest absolute Gasteiger partial charge is 0.300 e. The van der Waals surface area contributed by atoms with Crippen LogP contribution in [0.25, 0.3) is 5.76 Å². The minimum absolute atomic E-state index is 0.0875. The van der Waals surface area contributed by atoms with Gasteiger partial charge in [-0.1, -0.05) is 12.1 Å². The highest BCUT2D eigenvalue weighted by molar-refractivity contribution is 6.51. The zero-order valence-electron chi connectivity index (χ0n) is 16.9. The molecule has 2 aromatic carbocycles. The molecule has 4 rings (SSSR count). The van der Waals surface area contributed by atoms with Crippen molar-refractivity contribution in [3.05, 3.63) is 95.1 Å². The Morgan fingerprint density at radius 3 is 2.58 bits per heavy atom. The van der Waals surface area contributed by atoms with Crippen molar-refractivity contribution in [1.82, 2.24) is 4.98 Å². The first-order valence-electron chi connectivity index (χ1n) is 9.54. The van der Waals surface area contributed by atoms with Gasteiger partial charge in [-0.2, -0.15) is 0 Å². The molecule has 1 atom stereocenters. The molecule has 0 spiro atoms. The first-order valence-corrected chi connectivity index (χ1v) is 9.54. The average molecular weight is 418 g/mol. The molecule has 2 heterocycles. The normalized spacial score (nSPS) is 17.8. The SMILES string of the molecule is COc1ccc(/C(O)=C2/C(=O)C(=O)N(c3cccc(F)c3)C2c2cccnc2)c(C)c1. The Hall–Kier alpha value is -4.00. The van der Waals surface area contributed by atoms with Gasteiger partial charge in [-0.25, -0.2) is 4.39 Å². The number of hydrogen-bond donors (Lipinski definition) is 1. The maximum absolute atomic E-state index is 13.9. The predicted molar refractivity (Wildman–Crippen MR) is 113 cm³/mol. The van der Waals surface area contributed by atoms with Gasteiger partial charge in [-0.3, -0.25) is 19.5 Å². The van der Waals surface area contributed by atoms with Crippen LogP contribution in [0.3, 0.4) is 0 Å². The van der Waals surface area contributed by atoms with E-state index in [1.54, 1.807) is 43.5 Å². The van der Waals surface area contributed by atoms with Gasteiger partial charge in [0.25, 0.3) is 11.7 Å². The van der Waals surface area contributed by atoms with Crippen LogP contribution in [0.15, 0.2) is 72.6 Å². The standard InChI is InChI=1S/C24H19FN2O4/c1-14-11-18(31-2)8-9-19(14)22(28)20-21(15-5-4-10-26-13-15)27(24(30)23(20)29)17-7-3-6-16(25)12-17/h3-13,21,28H,1-2H3/b22-20-. The molecule has 1 amide bonds. The van der Waals surface area contributed by atoms with Crippen molar-refractivity contribution in [2.75, 3.05) is 12.0 Å². The van der Waals surface area contributed by atoms with E-state index in [4.69, 9.17) is 4.74 Å². The number of aromatic nitrogens is 1. The van der Waals surface area contributed by atoms with Crippen molar-refractivity contribution in [1.29, 1.82) is 0 Å². The van der Waals surface area contributed by atoms with Crippen LogP contribution >= 0.6 is 0 Å². The lowest BCUT2D eigenvalue weighted by atomic mass is 9.94. The summed E-state index contributed by atoms with van der Waals surface area (Å²) in [5, 5.41) is 11.1. The Morgan fingerprint density at radius 1 is 1.13 bits per heavy atom. The first-order chi connectivity index (χ1) is 14.9. The number of aryl methyl sites for hydroxylation is 1. The fourth-order valence-corrected chi connectivity index (χ4v) is 3.75. The zero-order chi connectivity index (χ0) is 22.1. The van der Waals surface area contributed by atoms with E-state index in [1.165, 1.54) is 42.5 Å². The number of nitrogens with zero attached hydrogens (tertiary/aromatic N) is 2. The minimum atomic E-state index is -0.961. The molecule has 7 heteroatoms. The van der Waals surface area contributed by atoms with E-state index < -0.39 is 23.5 Å². The van der Waals surface area contributed by atoms with Gasteiger partial charge in [0, 0.05) is 23.6 Å². The summed E-state index contributed by atoms with van der Waals surface area (Å²) in [4.78, 5) is 31.3. The highest BCUT2D eigenvalue weighted by Gasteiger charge is 2.47. The molecule has 1 N–H and O–H groups in total. The number of hydrogen-bond acceptors (Lipinski definition) is 5. The zero-order valence-corrected chi connectivity index (χ0v) is 16.9. The van der Waals surface area contributed by atoms with Crippen LogP contribution in [0.5, 0.6) is 5.75 Å². The van der Waals surface area contributed by atoms with E-state index in [1.807, 2.05) is 0 Å². The Bertz CT molecular complexity index is 1210. The second-order valence-corrected chi connectivity index (χ2v) is 7.12. The number of halogens is 1. The van der Waals surface area contributed by atoms with E-state index in [0.717, 1.165) is 0 Å². The fraction of sp³-hybridized carbons (Fsp3) is 0.125. The van der Waals surface area contributed by atoms with Crippen LogP contribution < -0.4 is 9.64 Å². The van der Waals surface area contributed by atoms with Crippen molar-refractivity contribution < 1.29 is 23.8 Å². The lowest BCUT2D eigenvalue weighted by molar-refractivity contribution is -0.132. The molecule has 0 aliphatic carbocycles. The second kappa shape index (κ2) is 8.02. The average Bonchev–Trinajstić information content (AvgIpc) is 3.04. The van der Waals surface area contributed by atoms with Crippen LogP contribution in [-0.4, -0.2) is 28.9 Å². The summed E-state index contributed by atoms with van der Waals surface area (Å²) in [5.41, 5.74) is 1.70. The quantitative estimate of drug-likeness (QED) is 0.391. The van der Waals surface area contributed by atoms with Crippen LogP contribution in [0.1, 0.15) is 22.7 Å². The predicted octanol–water partition coefficient (Wildman–Crippen LogP) is 4.16. The summed E-state index contributed by atoms with van der Waals surface area (Å²) in [5.74, 6) is -1.97. The first kappa shape index (κ1) is 20.3. The highest BCUT2D eigenvalue weighted by atomic mass is 19.1. The number of ether oxygens (including phenoxy) is 1. The number of aliphatic hydroxyl groups excluding tert-OH is 1. The Morgan fingerprint density at radius 2 is 1.94 bits per heavy atom. The number of aliphatic hydroxyl groups is 1. The molecule has 3 aromatic rings. The molecular weight excluding hydrogens is 399 g/mol. The Kier molecular flexibility index (Phi) is 5.25. The lowest BCUT2D eigenvalue weighted by Gasteiger charge is -2.25. The number of anilines is 1. The maximum atomic E-state index is 13.9. The number of amides is 1. The number of methoxy groups -OCH3 is 1. The van der Waals surface area contributed by atoms with Gasteiger partial charge < -0.3 is 9.84 Å². The number of Topliss-reactive ketones (excluding diaryl/α,β-unsaturated/α-hetero) is 1. The molecular formula is C24H19FN2O4. The Balaban J connectivity index is 1.95. The van der Waals surface area contributed by atoms with Crippen LogP contribution in [0, 0.1) is 12.7 Å². The van der Waals surface area contributed by atoms with Crippen molar-refractivity contribution in [2.24, 2.45) is 0 Å². The molecule has 0 saturated carbocycles. The maximum Gasteiger partial charge on any atom is 0.300 e. The molecule has 1 aromatic heterocycles. The number of pyridine rings is 1. The van der Waals surface area contributed by atoms with Gasteiger partial charge in [0.15, 0.2) is 0 Å². The van der Waals surface area contributed by atoms with Gasteiger partial charge in [0.2, 0.25) is 0 Å². The molecule has 1 saturated heterocycles. The summed E-state index contributed by atoms with van der Waals surface area (Å²) in [6.07, 6.45) is 3.07. The van der Waals surface area contributed by atoms with Crippen molar-refractivity contribution >= 4 is 23.1 Å². The number of benzene rings is 2. The summed E-state index contributed by atoms with van der Waals surface area (Å²) < 4.78 is 19.1. The largest absolute Gasteiger partial charge is 0.507 e. The minimum Gasteiger partial charge on any atom is -0.507 e. The van der Waals surface area contributed by atoms with Crippen LogP contribution in [0.2, 0.25) is 0 Å². The molecule has 1 fully saturated rings. The van der Waals surface area contributed by atoms with Gasteiger partial charge in [-0.15, -0.1) is 0 Å². The number of ketones is 1. The van der Waals surface area contributed by atoms with Gasteiger partial charge in [0.1, 0.15) is 17.3 Å². The van der Waals surface area contributed by atoms with Crippen LogP contribution in [0.4, 0.5) is 10.1 Å². The monoisotopic (exact) mass is 418 g/mol. The van der Waals surface area contributed by atoms with E-state index in [2.05, 4.69) is 4.98 Å². The molecule has 1 unspecified atom stereocenters. The molecule has 31 heavy (non-hydrogen) atoms. The van der Waals surface area contributed by atoms with E-state index in [9.17, 15) is 19.1 Å². The second-order valence-electron chi connectivity index (χ2n) is 7.12. The third-order valence-corrected chi connectivity index (χ3v) is 5.22. The topological polar surface area (TPSA) is 79.7 Å². The van der Waals surface area contributed by atoms with Crippen molar-refractivity contribution in [3.8, 4) is 5.75 Å². The Labute approximate surface area is 178 Å². The molecule has 156 valence electrons. The molecule has 1 aliphatic rings. The van der Waals surface area contributed by atoms with Gasteiger partial charge in [-0.05, 0) is 60.5 Å². The third kappa shape index (κ3) is 3.54. The van der Waals surface area contributed by atoms with Crippen LogP contribution in [-0.2, 0) is 9.59 Å². The van der Waals surface area contributed by atoms with Crippen molar-refractivity contribution in [3.63, 3.8) is 0 Å². The summed E-state index contributed by atoms with van der Waals surface area (Å²) in [6, 6.07) is 12.8. The molecule has 0 radical (unpaired) electrons. The summed E-state index contributed by atoms with van der Waals surface area (Å²) >= 11 is 0. The summed E-state index contributed by atoms with van der Waals surface area (Å²) in [7, 11) is 1.53. The van der Waals surface area contributed by atoms with Crippen molar-refractivity contribution in [2.45, 2.75) is 13.0 Å². The van der Waals surface area contributed by atoms with E-state index in [0.29, 0.717) is 22.4 Å². The number of carbonyl (C=O) groups is 2. The van der Waals surface area contributed by atoms with Gasteiger partial charge in [0.05, 0.1) is 18.7 Å². The number of rotatable bonds is 4. The number of carbonyl (C=O) groups excluding carboxylic acids is 2. The summed E-state index contributed by atoms with van der Waals surface area (Å²) in [6.45, 7) is 1.76. The van der Waals surface area contributed by atoms with E-state index >= 15 is 0 Å². The molecule has 6 nitrogen and oxygen atoms in total.